The van der Waals surface area contributed by atoms with Crippen LogP contribution in [0.5, 0.6) is 0 Å². The molecule has 0 aliphatic carbocycles. The van der Waals surface area contributed by atoms with Gasteiger partial charge in [-0.15, -0.1) is 0 Å². The zero-order chi connectivity index (χ0) is 15.2. The van der Waals surface area contributed by atoms with Gasteiger partial charge in [0.1, 0.15) is 16.5 Å². The van der Waals surface area contributed by atoms with Gasteiger partial charge in [0.25, 0.3) is 0 Å². The van der Waals surface area contributed by atoms with E-state index in [0.717, 1.165) is 37.8 Å². The summed E-state index contributed by atoms with van der Waals surface area (Å²) in [6.07, 6.45) is 4.84. The monoisotopic (exact) mass is 305 g/mol. The molecule has 0 aliphatic heterocycles. The summed E-state index contributed by atoms with van der Waals surface area (Å²) < 4.78 is 52.9. The second-order valence-corrected chi connectivity index (χ2v) is 6.63. The van der Waals surface area contributed by atoms with Crippen LogP contribution in [0.25, 0.3) is 0 Å². The fourth-order valence-electron chi connectivity index (χ4n) is 1.95. The van der Waals surface area contributed by atoms with Crippen LogP contribution in [-0.4, -0.2) is 14.5 Å². The third-order valence-corrected chi connectivity index (χ3v) is 4.63. The van der Waals surface area contributed by atoms with Gasteiger partial charge in [-0.05, 0) is 31.5 Å². The molecule has 0 spiro atoms. The summed E-state index contributed by atoms with van der Waals surface area (Å²) in [7, 11) is -4.02. The molecule has 1 aromatic carbocycles. The lowest BCUT2D eigenvalue weighted by Crippen LogP contribution is -2.33. The lowest BCUT2D eigenvalue weighted by atomic mass is 10.1. The molecule has 1 atom stereocenters. The lowest BCUT2D eigenvalue weighted by molar-refractivity contribution is 0.512. The number of rotatable bonds is 8. The van der Waals surface area contributed by atoms with Gasteiger partial charge >= 0.3 is 0 Å². The molecule has 1 rings (SSSR count). The number of nitrogens with one attached hydrogen (secondary N) is 1. The van der Waals surface area contributed by atoms with Crippen LogP contribution < -0.4 is 4.72 Å². The summed E-state index contributed by atoms with van der Waals surface area (Å²) in [5.41, 5.74) is 0. The first-order chi connectivity index (χ1) is 9.36. The maximum absolute atomic E-state index is 13.5. The first-order valence-corrected chi connectivity index (χ1v) is 8.32. The predicted molar refractivity (Wildman–Crippen MR) is 74.9 cm³/mol. The molecule has 1 unspecified atom stereocenters. The van der Waals surface area contributed by atoms with Crippen molar-refractivity contribution < 1.29 is 17.2 Å². The van der Waals surface area contributed by atoms with Crippen LogP contribution in [0.2, 0.25) is 0 Å². The molecule has 6 heteroatoms. The highest BCUT2D eigenvalue weighted by atomic mass is 32.2. The third-order valence-electron chi connectivity index (χ3n) is 3.03. The van der Waals surface area contributed by atoms with Gasteiger partial charge in [0.05, 0.1) is 0 Å². The van der Waals surface area contributed by atoms with E-state index in [2.05, 4.69) is 11.6 Å². The zero-order valence-electron chi connectivity index (χ0n) is 11.8. The van der Waals surface area contributed by atoms with Gasteiger partial charge in [-0.3, -0.25) is 0 Å². The maximum atomic E-state index is 13.5. The molecular formula is C14H21F2NO2S. The summed E-state index contributed by atoms with van der Waals surface area (Å²) in [5.74, 6) is -1.72. The Morgan fingerprint density at radius 1 is 1.20 bits per heavy atom. The van der Waals surface area contributed by atoms with E-state index in [1.807, 2.05) is 0 Å². The largest absolute Gasteiger partial charge is 0.243 e. The summed E-state index contributed by atoms with van der Waals surface area (Å²) in [5, 5.41) is 0. The summed E-state index contributed by atoms with van der Waals surface area (Å²) >= 11 is 0. The quantitative estimate of drug-likeness (QED) is 0.746. The van der Waals surface area contributed by atoms with Gasteiger partial charge in [0.15, 0.2) is 0 Å². The van der Waals surface area contributed by atoms with E-state index in [4.69, 9.17) is 0 Å². The van der Waals surface area contributed by atoms with Gasteiger partial charge in [-0.25, -0.2) is 21.9 Å². The molecule has 0 aromatic heterocycles. The van der Waals surface area contributed by atoms with Gasteiger partial charge in [-0.2, -0.15) is 0 Å². The molecular weight excluding hydrogens is 284 g/mol. The van der Waals surface area contributed by atoms with E-state index < -0.39 is 26.6 Å². The Morgan fingerprint density at radius 2 is 1.90 bits per heavy atom. The maximum Gasteiger partial charge on any atom is 0.243 e. The van der Waals surface area contributed by atoms with Crippen molar-refractivity contribution in [3.63, 3.8) is 0 Å². The van der Waals surface area contributed by atoms with Crippen molar-refractivity contribution in [2.24, 2.45) is 0 Å². The summed E-state index contributed by atoms with van der Waals surface area (Å²) in [6, 6.07) is 2.10. The molecule has 0 heterocycles. The number of unbranched alkanes of at least 4 members (excludes halogenated alkanes) is 3. The Hall–Kier alpha value is -1.01. The Labute approximate surface area is 119 Å². The van der Waals surface area contributed by atoms with Crippen LogP contribution in [0.1, 0.15) is 46.0 Å². The average Bonchev–Trinajstić information content (AvgIpc) is 2.37. The molecule has 0 aliphatic rings. The molecule has 114 valence electrons. The van der Waals surface area contributed by atoms with Gasteiger partial charge in [0.2, 0.25) is 10.0 Å². The van der Waals surface area contributed by atoms with Crippen LogP contribution in [-0.2, 0) is 10.0 Å². The number of hydrogen-bond donors (Lipinski definition) is 1. The topological polar surface area (TPSA) is 46.2 Å². The highest BCUT2D eigenvalue weighted by Crippen LogP contribution is 2.17. The summed E-state index contributed by atoms with van der Waals surface area (Å²) in [6.45, 7) is 3.82. The van der Waals surface area contributed by atoms with E-state index in [-0.39, 0.29) is 6.04 Å². The minimum absolute atomic E-state index is 0.306. The number of halogens is 2. The number of benzene rings is 1. The van der Waals surface area contributed by atoms with E-state index in [1.54, 1.807) is 6.92 Å². The molecule has 0 saturated carbocycles. The molecule has 0 saturated heterocycles. The van der Waals surface area contributed by atoms with Crippen LogP contribution in [0.15, 0.2) is 23.1 Å². The van der Waals surface area contributed by atoms with Crippen molar-refractivity contribution in [1.82, 2.24) is 4.72 Å². The minimum Gasteiger partial charge on any atom is -0.208 e. The second kappa shape index (κ2) is 7.69. The second-order valence-electron chi connectivity index (χ2n) is 4.95. The van der Waals surface area contributed by atoms with Gasteiger partial charge in [0, 0.05) is 6.04 Å². The Bertz CT molecular complexity index is 532. The molecule has 0 amide bonds. The van der Waals surface area contributed by atoms with Crippen molar-refractivity contribution in [2.75, 3.05) is 0 Å². The SMILES string of the molecule is CCCCCCC(C)NS(=O)(=O)c1cc(F)ccc1F. The molecule has 0 fully saturated rings. The predicted octanol–water partition coefficient (Wildman–Crippen LogP) is 3.60. The van der Waals surface area contributed by atoms with Crippen LogP contribution in [0.4, 0.5) is 8.78 Å². The van der Waals surface area contributed by atoms with Crippen molar-refractivity contribution in [3.05, 3.63) is 29.8 Å². The molecule has 1 N–H and O–H groups in total. The minimum atomic E-state index is -4.02. The van der Waals surface area contributed by atoms with E-state index in [1.165, 1.54) is 0 Å². The van der Waals surface area contributed by atoms with E-state index >= 15 is 0 Å². The fourth-order valence-corrected chi connectivity index (χ4v) is 3.31. The standard InChI is InChI=1S/C14H21F2NO2S/c1-3-4-5-6-7-11(2)17-20(18,19)14-10-12(15)8-9-13(14)16/h8-11,17H,3-7H2,1-2H3. The summed E-state index contributed by atoms with van der Waals surface area (Å²) in [4.78, 5) is -0.641. The molecule has 20 heavy (non-hydrogen) atoms. The van der Waals surface area contributed by atoms with Crippen molar-refractivity contribution in [2.45, 2.75) is 56.9 Å². The average molecular weight is 305 g/mol. The zero-order valence-corrected chi connectivity index (χ0v) is 12.6. The Kier molecular flexibility index (Phi) is 6.55. The normalized spacial score (nSPS) is 13.4. The Morgan fingerprint density at radius 3 is 2.55 bits per heavy atom. The van der Waals surface area contributed by atoms with E-state index in [0.29, 0.717) is 12.5 Å². The van der Waals surface area contributed by atoms with Crippen molar-refractivity contribution >= 4 is 10.0 Å². The highest BCUT2D eigenvalue weighted by molar-refractivity contribution is 7.89. The van der Waals surface area contributed by atoms with Crippen molar-refractivity contribution in [1.29, 1.82) is 0 Å². The van der Waals surface area contributed by atoms with Crippen LogP contribution in [0, 0.1) is 11.6 Å². The smallest absolute Gasteiger partial charge is 0.208 e. The fraction of sp³-hybridized carbons (Fsp3) is 0.571. The van der Waals surface area contributed by atoms with Gasteiger partial charge in [-0.1, -0.05) is 32.6 Å². The first kappa shape index (κ1) is 17.0. The van der Waals surface area contributed by atoms with Gasteiger partial charge < -0.3 is 0 Å². The first-order valence-electron chi connectivity index (χ1n) is 6.84. The number of hydrogen-bond acceptors (Lipinski definition) is 2. The highest BCUT2D eigenvalue weighted by Gasteiger charge is 2.21. The van der Waals surface area contributed by atoms with Crippen LogP contribution >= 0.6 is 0 Å². The lowest BCUT2D eigenvalue weighted by Gasteiger charge is -2.14. The molecule has 3 nitrogen and oxygen atoms in total. The van der Waals surface area contributed by atoms with Crippen molar-refractivity contribution in [3.8, 4) is 0 Å². The van der Waals surface area contributed by atoms with E-state index in [9.17, 15) is 17.2 Å². The molecule has 1 aromatic rings. The Balaban J connectivity index is 2.67. The number of sulfonamides is 1. The third kappa shape index (κ3) is 5.17. The van der Waals surface area contributed by atoms with Crippen LogP contribution in [0.3, 0.4) is 0 Å². The molecule has 0 bridgehead atoms. The molecule has 0 radical (unpaired) electrons.